The third-order valence-corrected chi connectivity index (χ3v) is 7.73. The Bertz CT molecular complexity index is 847. The highest BCUT2D eigenvalue weighted by Crippen LogP contribution is 2.37. The minimum Gasteiger partial charge on any atom is -0.474 e. The van der Waals surface area contributed by atoms with Gasteiger partial charge >= 0.3 is 6.09 Å². The molecular formula is C27H42N4O4. The Morgan fingerprint density at radius 2 is 1.57 bits per heavy atom. The topological polar surface area (TPSA) is 76.2 Å². The van der Waals surface area contributed by atoms with E-state index in [9.17, 15) is 4.79 Å². The van der Waals surface area contributed by atoms with Gasteiger partial charge in [-0.05, 0) is 91.3 Å². The summed E-state index contributed by atoms with van der Waals surface area (Å²) < 4.78 is 18.3. The van der Waals surface area contributed by atoms with E-state index < -0.39 is 5.60 Å². The first-order valence-corrected chi connectivity index (χ1v) is 13.6. The molecule has 8 heteroatoms. The monoisotopic (exact) mass is 486 g/mol. The van der Waals surface area contributed by atoms with Crippen LogP contribution in [0.5, 0.6) is 5.88 Å². The normalized spacial score (nSPS) is 29.8. The maximum Gasteiger partial charge on any atom is 0.410 e. The van der Waals surface area contributed by atoms with Crippen molar-refractivity contribution >= 4 is 11.8 Å². The molecule has 1 aliphatic carbocycles. The van der Waals surface area contributed by atoms with Gasteiger partial charge in [-0.15, -0.1) is 0 Å². The van der Waals surface area contributed by atoms with E-state index >= 15 is 0 Å². The third-order valence-electron chi connectivity index (χ3n) is 7.73. The summed E-state index contributed by atoms with van der Waals surface area (Å²) in [6.45, 7) is 9.30. The van der Waals surface area contributed by atoms with Gasteiger partial charge in [0.1, 0.15) is 11.7 Å². The standard InChI is InChI=1S/C27H42N4O4/c1-27(2,3)35-26(32)30-17-20-4-5-21(18-30)31(20)19-10-15-29-25(16-19)34-23-8-6-22(7-9-23)33-24-11-13-28-14-12-24/h10,15-16,20-24,28H,4-9,11-14,17-18H2,1-3H3/t20?,21?,22-,23-. The van der Waals surface area contributed by atoms with E-state index in [0.29, 0.717) is 43.3 Å². The first-order chi connectivity index (χ1) is 16.8. The molecule has 4 fully saturated rings. The highest BCUT2D eigenvalue weighted by atomic mass is 16.6. The van der Waals surface area contributed by atoms with E-state index in [1.807, 2.05) is 31.9 Å². The van der Waals surface area contributed by atoms with Crippen molar-refractivity contribution in [2.45, 2.75) is 108 Å². The molecule has 194 valence electrons. The van der Waals surface area contributed by atoms with Crippen LogP contribution in [0.4, 0.5) is 10.5 Å². The molecule has 5 rings (SSSR count). The number of nitrogens with one attached hydrogen (secondary N) is 1. The fourth-order valence-corrected chi connectivity index (χ4v) is 6.08. The maximum atomic E-state index is 12.6. The van der Waals surface area contributed by atoms with E-state index in [-0.39, 0.29) is 12.2 Å². The van der Waals surface area contributed by atoms with Crippen molar-refractivity contribution in [3.05, 3.63) is 18.3 Å². The van der Waals surface area contributed by atoms with Gasteiger partial charge in [-0.1, -0.05) is 0 Å². The third kappa shape index (κ3) is 6.20. The molecule has 1 aromatic heterocycles. The number of piperazine rings is 1. The van der Waals surface area contributed by atoms with Crippen molar-refractivity contribution in [3.8, 4) is 5.88 Å². The molecule has 1 aromatic rings. The predicted octanol–water partition coefficient (Wildman–Crippen LogP) is 4.13. The number of pyridine rings is 1. The zero-order chi connectivity index (χ0) is 24.4. The molecule has 3 aliphatic heterocycles. The molecule has 1 saturated carbocycles. The van der Waals surface area contributed by atoms with Gasteiger partial charge in [0.25, 0.3) is 0 Å². The second kappa shape index (κ2) is 10.5. The van der Waals surface area contributed by atoms with Gasteiger partial charge in [-0.3, -0.25) is 0 Å². The summed E-state index contributed by atoms with van der Waals surface area (Å²) in [6, 6.07) is 4.77. The number of aromatic nitrogens is 1. The molecule has 0 radical (unpaired) electrons. The lowest BCUT2D eigenvalue weighted by Gasteiger charge is -2.42. The number of amides is 1. The molecule has 35 heavy (non-hydrogen) atoms. The van der Waals surface area contributed by atoms with Crippen LogP contribution in [-0.4, -0.2) is 78.2 Å². The van der Waals surface area contributed by atoms with Gasteiger partial charge in [0.2, 0.25) is 5.88 Å². The Hall–Kier alpha value is -2.06. The maximum absolute atomic E-state index is 12.6. The molecule has 2 atom stereocenters. The van der Waals surface area contributed by atoms with Crippen LogP contribution in [0.3, 0.4) is 0 Å². The fraction of sp³-hybridized carbons (Fsp3) is 0.778. The highest BCUT2D eigenvalue weighted by molar-refractivity contribution is 5.69. The summed E-state index contributed by atoms with van der Waals surface area (Å²) in [6.07, 6.45) is 11.2. The predicted molar refractivity (Wildman–Crippen MR) is 135 cm³/mol. The zero-order valence-corrected chi connectivity index (χ0v) is 21.6. The molecule has 1 N–H and O–H groups in total. The average molecular weight is 487 g/mol. The van der Waals surface area contributed by atoms with Crippen molar-refractivity contribution in [2.75, 3.05) is 31.1 Å². The Labute approximate surface area is 209 Å². The lowest BCUT2D eigenvalue weighted by atomic mass is 9.94. The van der Waals surface area contributed by atoms with Gasteiger partial charge in [-0.2, -0.15) is 0 Å². The van der Waals surface area contributed by atoms with Gasteiger partial charge in [-0.25, -0.2) is 9.78 Å². The number of piperidine rings is 1. The van der Waals surface area contributed by atoms with Crippen molar-refractivity contribution in [3.63, 3.8) is 0 Å². The van der Waals surface area contributed by atoms with Gasteiger partial charge < -0.3 is 29.3 Å². The second-order valence-corrected chi connectivity index (χ2v) is 11.6. The molecule has 4 heterocycles. The quantitative estimate of drug-likeness (QED) is 0.671. The van der Waals surface area contributed by atoms with Crippen LogP contribution in [0.25, 0.3) is 0 Å². The zero-order valence-electron chi connectivity index (χ0n) is 21.6. The first kappa shape index (κ1) is 24.6. The minimum atomic E-state index is -0.469. The molecule has 0 aromatic carbocycles. The Morgan fingerprint density at radius 3 is 2.23 bits per heavy atom. The molecular weight excluding hydrogens is 444 g/mol. The van der Waals surface area contributed by atoms with E-state index in [4.69, 9.17) is 14.2 Å². The molecule has 1 amide bonds. The van der Waals surface area contributed by atoms with Gasteiger partial charge in [0.15, 0.2) is 0 Å². The van der Waals surface area contributed by atoms with Crippen molar-refractivity contribution < 1.29 is 19.0 Å². The van der Waals surface area contributed by atoms with E-state index in [1.165, 1.54) is 0 Å². The van der Waals surface area contributed by atoms with Crippen molar-refractivity contribution in [1.29, 1.82) is 0 Å². The Morgan fingerprint density at radius 1 is 0.943 bits per heavy atom. The highest BCUT2D eigenvalue weighted by Gasteiger charge is 2.42. The number of anilines is 1. The summed E-state index contributed by atoms with van der Waals surface area (Å²) in [7, 11) is 0. The van der Waals surface area contributed by atoms with E-state index in [2.05, 4.69) is 27.3 Å². The van der Waals surface area contributed by atoms with Crippen LogP contribution in [0.1, 0.15) is 72.1 Å². The van der Waals surface area contributed by atoms with Crippen molar-refractivity contribution in [1.82, 2.24) is 15.2 Å². The summed E-state index contributed by atoms with van der Waals surface area (Å²) >= 11 is 0. The number of fused-ring (bicyclic) bond motifs is 2. The van der Waals surface area contributed by atoms with Crippen molar-refractivity contribution in [2.24, 2.45) is 0 Å². The van der Waals surface area contributed by atoms with Gasteiger partial charge in [0, 0.05) is 43.1 Å². The second-order valence-electron chi connectivity index (χ2n) is 11.6. The average Bonchev–Trinajstić information content (AvgIpc) is 3.09. The molecule has 2 bridgehead atoms. The molecule has 3 saturated heterocycles. The minimum absolute atomic E-state index is 0.200. The molecule has 0 spiro atoms. The van der Waals surface area contributed by atoms with Crippen LogP contribution < -0.4 is 15.0 Å². The SMILES string of the molecule is CC(C)(C)OC(=O)N1CC2CCC(C1)N2c1ccnc(O[C@H]2CC[C@H](OC3CCNCC3)CC2)c1. The lowest BCUT2D eigenvalue weighted by Crippen LogP contribution is -2.56. The number of carbonyl (C=O) groups excluding carboxylic acids is 1. The Kier molecular flexibility index (Phi) is 7.39. The molecule has 4 aliphatic rings. The first-order valence-electron chi connectivity index (χ1n) is 13.6. The van der Waals surface area contributed by atoms with Crippen LogP contribution in [0.15, 0.2) is 18.3 Å². The lowest BCUT2D eigenvalue weighted by molar-refractivity contribution is -0.0551. The van der Waals surface area contributed by atoms with Crippen LogP contribution >= 0.6 is 0 Å². The smallest absolute Gasteiger partial charge is 0.410 e. The number of hydrogen-bond acceptors (Lipinski definition) is 7. The number of rotatable bonds is 5. The summed E-state index contributed by atoms with van der Waals surface area (Å²) in [5.41, 5.74) is 0.678. The van der Waals surface area contributed by atoms with E-state index in [1.54, 1.807) is 0 Å². The van der Waals surface area contributed by atoms with E-state index in [0.717, 1.165) is 70.1 Å². The van der Waals surface area contributed by atoms with Gasteiger partial charge in [0.05, 0.1) is 12.2 Å². The van der Waals surface area contributed by atoms with Crippen LogP contribution in [0.2, 0.25) is 0 Å². The fourth-order valence-electron chi connectivity index (χ4n) is 6.08. The number of ether oxygens (including phenoxy) is 3. The Balaban J connectivity index is 1.14. The summed E-state index contributed by atoms with van der Waals surface area (Å²) in [5.74, 6) is 0.708. The number of likely N-dealkylation sites (tertiary alicyclic amines) is 1. The number of hydrogen-bond donors (Lipinski definition) is 1. The molecule has 2 unspecified atom stereocenters. The summed E-state index contributed by atoms with van der Waals surface area (Å²) in [5, 5.41) is 3.41. The largest absolute Gasteiger partial charge is 0.474 e. The summed E-state index contributed by atoms with van der Waals surface area (Å²) in [4.78, 5) is 21.5. The molecule has 8 nitrogen and oxygen atoms in total. The number of carbonyl (C=O) groups is 1. The number of nitrogens with zero attached hydrogens (tertiary/aromatic N) is 3. The van der Waals surface area contributed by atoms with Crippen LogP contribution in [-0.2, 0) is 9.47 Å². The van der Waals surface area contributed by atoms with Crippen LogP contribution in [0, 0.1) is 0 Å².